The molecule has 0 atom stereocenters. The van der Waals surface area contributed by atoms with Crippen LogP contribution in [0.4, 0.5) is 0 Å². The lowest BCUT2D eigenvalue weighted by molar-refractivity contribution is 0.576. The molecule has 1 heterocycles. The Bertz CT molecular complexity index is 328. The molecule has 0 bridgehead atoms. The second-order valence-electron chi connectivity index (χ2n) is 3.82. The fourth-order valence-corrected chi connectivity index (χ4v) is 1.99. The average molecular weight is 258 g/mol. The molecule has 1 aliphatic carbocycles. The molecule has 78 valence electrons. The van der Waals surface area contributed by atoms with E-state index in [-0.39, 0.29) is 0 Å². The van der Waals surface area contributed by atoms with Gasteiger partial charge >= 0.3 is 0 Å². The Morgan fingerprint density at radius 1 is 1.57 bits per heavy atom. The lowest BCUT2D eigenvalue weighted by Crippen LogP contribution is -2.18. The topological polar surface area (TPSA) is 29.9 Å². The third kappa shape index (κ3) is 2.01. The first-order valence-electron chi connectivity index (χ1n) is 5.17. The van der Waals surface area contributed by atoms with E-state index in [1.807, 2.05) is 6.92 Å². The fourth-order valence-electron chi connectivity index (χ4n) is 1.57. The molecule has 3 nitrogen and oxygen atoms in total. The van der Waals surface area contributed by atoms with E-state index in [4.69, 9.17) is 0 Å². The van der Waals surface area contributed by atoms with Crippen molar-refractivity contribution in [2.24, 2.45) is 0 Å². The van der Waals surface area contributed by atoms with Crippen molar-refractivity contribution in [2.45, 2.75) is 45.8 Å². The summed E-state index contributed by atoms with van der Waals surface area (Å²) in [7, 11) is 0. The number of aromatic nitrogens is 2. The molecule has 0 aliphatic heterocycles. The molecular formula is C10H16BrN3. The lowest BCUT2D eigenvalue weighted by Gasteiger charge is -2.06. The highest BCUT2D eigenvalue weighted by atomic mass is 79.9. The van der Waals surface area contributed by atoms with Crippen molar-refractivity contribution < 1.29 is 0 Å². The molecule has 0 aromatic carbocycles. The second-order valence-corrected chi connectivity index (χ2v) is 4.61. The van der Waals surface area contributed by atoms with Crippen LogP contribution in [0, 0.1) is 6.92 Å². The van der Waals surface area contributed by atoms with Crippen molar-refractivity contribution in [3.8, 4) is 0 Å². The molecule has 4 heteroatoms. The van der Waals surface area contributed by atoms with Gasteiger partial charge in [0.05, 0.1) is 15.9 Å². The first kappa shape index (κ1) is 10.2. The van der Waals surface area contributed by atoms with Gasteiger partial charge in [-0.1, -0.05) is 0 Å². The first-order valence-corrected chi connectivity index (χ1v) is 5.96. The summed E-state index contributed by atoms with van der Waals surface area (Å²) in [6.45, 7) is 6.03. The molecule has 0 saturated heterocycles. The summed E-state index contributed by atoms with van der Waals surface area (Å²) in [5.41, 5.74) is 2.36. The quantitative estimate of drug-likeness (QED) is 0.897. The molecule has 1 fully saturated rings. The van der Waals surface area contributed by atoms with Gasteiger partial charge in [0.15, 0.2) is 0 Å². The van der Waals surface area contributed by atoms with E-state index in [2.05, 4.69) is 38.0 Å². The molecule has 0 unspecified atom stereocenters. The summed E-state index contributed by atoms with van der Waals surface area (Å²) in [6.07, 6.45) is 2.66. The van der Waals surface area contributed by atoms with Gasteiger partial charge in [-0.3, -0.25) is 4.68 Å². The predicted molar refractivity (Wildman–Crippen MR) is 60.2 cm³/mol. The van der Waals surface area contributed by atoms with E-state index in [1.165, 1.54) is 18.5 Å². The molecule has 1 aromatic heterocycles. The van der Waals surface area contributed by atoms with Crippen LogP contribution in [-0.4, -0.2) is 15.8 Å². The Morgan fingerprint density at radius 2 is 2.29 bits per heavy atom. The molecule has 1 aliphatic rings. The summed E-state index contributed by atoms with van der Waals surface area (Å²) in [4.78, 5) is 0. The maximum absolute atomic E-state index is 4.46. The normalized spacial score (nSPS) is 16.2. The molecule has 1 N–H and O–H groups in total. The highest BCUT2D eigenvalue weighted by Gasteiger charge is 2.21. The maximum Gasteiger partial charge on any atom is 0.0739 e. The summed E-state index contributed by atoms with van der Waals surface area (Å²) in [5, 5.41) is 7.97. The minimum atomic E-state index is 0.752. The van der Waals surface area contributed by atoms with Gasteiger partial charge in [-0.05, 0) is 42.6 Å². The number of aryl methyl sites for hydroxylation is 2. The molecule has 1 saturated carbocycles. The van der Waals surface area contributed by atoms with Crippen LogP contribution in [0.15, 0.2) is 4.47 Å². The molecule has 0 spiro atoms. The molecule has 2 rings (SSSR count). The number of nitrogens with one attached hydrogen (secondary N) is 1. The minimum absolute atomic E-state index is 0.752. The zero-order chi connectivity index (χ0) is 10.1. The van der Waals surface area contributed by atoms with Crippen molar-refractivity contribution >= 4 is 15.9 Å². The highest BCUT2D eigenvalue weighted by Crippen LogP contribution is 2.23. The van der Waals surface area contributed by atoms with E-state index in [0.29, 0.717) is 0 Å². The van der Waals surface area contributed by atoms with Crippen LogP contribution in [0.3, 0.4) is 0 Å². The van der Waals surface area contributed by atoms with E-state index in [0.717, 1.165) is 29.3 Å². The van der Waals surface area contributed by atoms with E-state index < -0.39 is 0 Å². The van der Waals surface area contributed by atoms with Crippen molar-refractivity contribution in [1.82, 2.24) is 15.1 Å². The van der Waals surface area contributed by atoms with Gasteiger partial charge in [0.1, 0.15) is 0 Å². The van der Waals surface area contributed by atoms with Crippen LogP contribution in [0.2, 0.25) is 0 Å². The molecular weight excluding hydrogens is 242 g/mol. The fraction of sp³-hybridized carbons (Fsp3) is 0.700. The number of hydrogen-bond donors (Lipinski definition) is 1. The second kappa shape index (κ2) is 4.03. The first-order chi connectivity index (χ1) is 6.72. The smallest absolute Gasteiger partial charge is 0.0739 e. The van der Waals surface area contributed by atoms with Crippen LogP contribution in [0.1, 0.15) is 31.2 Å². The number of rotatable bonds is 4. The van der Waals surface area contributed by atoms with Crippen LogP contribution >= 0.6 is 15.9 Å². The Kier molecular flexibility index (Phi) is 2.93. The van der Waals surface area contributed by atoms with Gasteiger partial charge in [0.2, 0.25) is 0 Å². The van der Waals surface area contributed by atoms with Gasteiger partial charge in [-0.25, -0.2) is 0 Å². The zero-order valence-corrected chi connectivity index (χ0v) is 10.3. The van der Waals surface area contributed by atoms with Crippen LogP contribution < -0.4 is 5.32 Å². The van der Waals surface area contributed by atoms with Gasteiger partial charge in [0, 0.05) is 19.1 Å². The van der Waals surface area contributed by atoms with E-state index in [9.17, 15) is 0 Å². The summed E-state index contributed by atoms with van der Waals surface area (Å²) < 4.78 is 3.22. The van der Waals surface area contributed by atoms with Crippen molar-refractivity contribution in [2.75, 3.05) is 0 Å². The monoisotopic (exact) mass is 257 g/mol. The van der Waals surface area contributed by atoms with E-state index >= 15 is 0 Å². The third-order valence-electron chi connectivity index (χ3n) is 2.59. The van der Waals surface area contributed by atoms with E-state index in [1.54, 1.807) is 0 Å². The lowest BCUT2D eigenvalue weighted by atomic mass is 10.3. The van der Waals surface area contributed by atoms with Gasteiger partial charge < -0.3 is 5.32 Å². The molecule has 0 amide bonds. The SMILES string of the molecule is CCn1nc(C)c(Br)c1CNC1CC1. The summed E-state index contributed by atoms with van der Waals surface area (Å²) in [6, 6.07) is 0.752. The summed E-state index contributed by atoms with van der Waals surface area (Å²) in [5.74, 6) is 0. The molecule has 0 radical (unpaired) electrons. The van der Waals surface area contributed by atoms with Gasteiger partial charge in [0.25, 0.3) is 0 Å². The Morgan fingerprint density at radius 3 is 2.86 bits per heavy atom. The highest BCUT2D eigenvalue weighted by molar-refractivity contribution is 9.10. The Labute approximate surface area is 93.0 Å². The van der Waals surface area contributed by atoms with Crippen LogP contribution in [-0.2, 0) is 13.1 Å². The maximum atomic E-state index is 4.46. The van der Waals surface area contributed by atoms with Crippen LogP contribution in [0.5, 0.6) is 0 Å². The summed E-state index contributed by atoms with van der Waals surface area (Å²) >= 11 is 3.59. The standard InChI is InChI=1S/C10H16BrN3/c1-3-14-9(6-12-8-4-5-8)10(11)7(2)13-14/h8,12H,3-6H2,1-2H3. The Hall–Kier alpha value is -0.350. The molecule has 14 heavy (non-hydrogen) atoms. The molecule has 1 aromatic rings. The number of nitrogens with zero attached hydrogens (tertiary/aromatic N) is 2. The Balaban J connectivity index is 2.11. The predicted octanol–water partition coefficient (Wildman–Crippen LogP) is 2.23. The van der Waals surface area contributed by atoms with Gasteiger partial charge in [-0.2, -0.15) is 5.10 Å². The minimum Gasteiger partial charge on any atom is -0.308 e. The van der Waals surface area contributed by atoms with Crippen LogP contribution in [0.25, 0.3) is 0 Å². The van der Waals surface area contributed by atoms with Crippen molar-refractivity contribution in [3.05, 3.63) is 15.9 Å². The largest absolute Gasteiger partial charge is 0.308 e. The van der Waals surface area contributed by atoms with Gasteiger partial charge in [-0.15, -0.1) is 0 Å². The van der Waals surface area contributed by atoms with Crippen molar-refractivity contribution in [3.63, 3.8) is 0 Å². The zero-order valence-electron chi connectivity index (χ0n) is 8.68. The number of hydrogen-bond acceptors (Lipinski definition) is 2. The third-order valence-corrected chi connectivity index (χ3v) is 3.62. The van der Waals surface area contributed by atoms with Crippen molar-refractivity contribution in [1.29, 1.82) is 0 Å². The average Bonchev–Trinajstić information content (AvgIpc) is 2.95. The number of halogens is 1.